The highest BCUT2D eigenvalue weighted by Gasteiger charge is 2.15. The topological polar surface area (TPSA) is 38.0 Å². The molecule has 1 atom stereocenters. The fourth-order valence-electron chi connectivity index (χ4n) is 1.89. The van der Waals surface area contributed by atoms with Crippen LogP contribution in [0.3, 0.4) is 0 Å². The van der Waals surface area contributed by atoms with Gasteiger partial charge in [-0.05, 0) is 26.8 Å². The second kappa shape index (κ2) is 4.51. The molecule has 4 heteroatoms. The normalized spacial score (nSPS) is 12.8. The van der Waals surface area contributed by atoms with Gasteiger partial charge in [0.1, 0.15) is 0 Å². The highest BCUT2D eigenvalue weighted by atomic mass is 35.5. The third-order valence-corrected chi connectivity index (χ3v) is 3.37. The number of aromatic nitrogens is 2. The first-order valence-corrected chi connectivity index (χ1v) is 5.89. The molecule has 0 fully saturated rings. The lowest BCUT2D eigenvalue weighted by Gasteiger charge is -2.13. The predicted molar refractivity (Wildman–Crippen MR) is 68.7 cm³/mol. The first-order valence-electron chi connectivity index (χ1n) is 5.51. The van der Waals surface area contributed by atoms with Crippen molar-refractivity contribution in [3.63, 3.8) is 0 Å². The summed E-state index contributed by atoms with van der Waals surface area (Å²) < 4.78 is 1.78. The SMILES string of the molecule is Cc1nn(-c2ccccc2[C@H](C)O)c(C)c1Cl. The number of hydrogen-bond donors (Lipinski definition) is 1. The van der Waals surface area contributed by atoms with Crippen molar-refractivity contribution in [3.05, 3.63) is 46.2 Å². The zero-order valence-corrected chi connectivity index (χ0v) is 10.9. The molecule has 0 unspecified atom stereocenters. The van der Waals surface area contributed by atoms with Crippen molar-refractivity contribution in [3.8, 4) is 5.69 Å². The number of nitrogens with zero attached hydrogens (tertiary/aromatic N) is 2. The number of hydrogen-bond acceptors (Lipinski definition) is 2. The number of benzene rings is 1. The van der Waals surface area contributed by atoms with Crippen molar-refractivity contribution in [2.75, 3.05) is 0 Å². The van der Waals surface area contributed by atoms with E-state index in [2.05, 4.69) is 5.10 Å². The summed E-state index contributed by atoms with van der Waals surface area (Å²) in [5.41, 5.74) is 3.39. The molecular formula is C13H15ClN2O. The Morgan fingerprint density at radius 1 is 1.29 bits per heavy atom. The monoisotopic (exact) mass is 250 g/mol. The zero-order chi connectivity index (χ0) is 12.6. The molecule has 0 amide bonds. The molecule has 0 spiro atoms. The molecule has 1 heterocycles. The van der Waals surface area contributed by atoms with E-state index in [1.807, 2.05) is 38.1 Å². The van der Waals surface area contributed by atoms with Crippen molar-refractivity contribution >= 4 is 11.6 Å². The quantitative estimate of drug-likeness (QED) is 0.889. The van der Waals surface area contributed by atoms with E-state index >= 15 is 0 Å². The number of aryl methyl sites for hydroxylation is 1. The lowest BCUT2D eigenvalue weighted by atomic mass is 10.1. The van der Waals surface area contributed by atoms with Crippen molar-refractivity contribution in [1.29, 1.82) is 0 Å². The lowest BCUT2D eigenvalue weighted by molar-refractivity contribution is 0.199. The maximum absolute atomic E-state index is 9.76. The molecule has 0 radical (unpaired) electrons. The Kier molecular flexibility index (Phi) is 3.22. The second-order valence-corrected chi connectivity index (χ2v) is 4.51. The molecule has 0 saturated heterocycles. The molecule has 90 valence electrons. The van der Waals surface area contributed by atoms with Crippen LogP contribution in [0.15, 0.2) is 24.3 Å². The van der Waals surface area contributed by atoms with Crippen molar-refractivity contribution in [1.82, 2.24) is 9.78 Å². The molecule has 1 aromatic heterocycles. The smallest absolute Gasteiger partial charge is 0.0848 e. The van der Waals surface area contributed by atoms with Crippen molar-refractivity contribution < 1.29 is 5.11 Å². The van der Waals surface area contributed by atoms with Gasteiger partial charge in [-0.3, -0.25) is 0 Å². The van der Waals surface area contributed by atoms with E-state index < -0.39 is 6.10 Å². The molecule has 0 bridgehead atoms. The summed E-state index contributed by atoms with van der Waals surface area (Å²) in [5, 5.41) is 14.8. The van der Waals surface area contributed by atoms with E-state index in [1.165, 1.54) is 0 Å². The van der Waals surface area contributed by atoms with Crippen LogP contribution >= 0.6 is 11.6 Å². The Bertz CT molecular complexity index is 546. The molecule has 0 aliphatic carbocycles. The molecular weight excluding hydrogens is 236 g/mol. The Hall–Kier alpha value is -1.32. The van der Waals surface area contributed by atoms with Gasteiger partial charge in [0.25, 0.3) is 0 Å². The Morgan fingerprint density at radius 3 is 2.47 bits per heavy atom. The van der Waals surface area contributed by atoms with Gasteiger partial charge in [0.05, 0.1) is 28.2 Å². The number of rotatable bonds is 2. The Balaban J connectivity index is 2.64. The molecule has 2 aromatic rings. The van der Waals surface area contributed by atoms with Crippen LogP contribution in [0.1, 0.15) is 30.0 Å². The standard InChI is InChI=1S/C13H15ClN2O/c1-8-13(14)9(2)16(15-8)12-7-5-4-6-11(12)10(3)17/h4-7,10,17H,1-3H3/t10-/m0/s1. The minimum Gasteiger partial charge on any atom is -0.389 e. The Labute approximate surface area is 106 Å². The second-order valence-electron chi connectivity index (χ2n) is 4.13. The van der Waals surface area contributed by atoms with Crippen molar-refractivity contribution in [2.24, 2.45) is 0 Å². The number of para-hydroxylation sites is 1. The van der Waals surface area contributed by atoms with E-state index in [4.69, 9.17) is 11.6 Å². The van der Waals surface area contributed by atoms with Crippen molar-refractivity contribution in [2.45, 2.75) is 26.9 Å². The van der Waals surface area contributed by atoms with Crippen LogP contribution in [0.25, 0.3) is 5.69 Å². The average molecular weight is 251 g/mol. The van der Waals surface area contributed by atoms with Gasteiger partial charge in [0, 0.05) is 5.56 Å². The lowest BCUT2D eigenvalue weighted by Crippen LogP contribution is -2.05. The average Bonchev–Trinajstić information content (AvgIpc) is 2.57. The van der Waals surface area contributed by atoms with Gasteiger partial charge in [-0.2, -0.15) is 5.10 Å². The van der Waals surface area contributed by atoms with Gasteiger partial charge in [0.2, 0.25) is 0 Å². The molecule has 0 aliphatic rings. The molecule has 2 rings (SSSR count). The first-order chi connectivity index (χ1) is 8.02. The van der Waals surface area contributed by atoms with Gasteiger partial charge < -0.3 is 5.11 Å². The van der Waals surface area contributed by atoms with Gasteiger partial charge in [0.15, 0.2) is 0 Å². The summed E-state index contributed by atoms with van der Waals surface area (Å²) >= 11 is 6.13. The molecule has 1 N–H and O–H groups in total. The van der Waals surface area contributed by atoms with Crippen LogP contribution in [0.2, 0.25) is 5.02 Å². The maximum Gasteiger partial charge on any atom is 0.0848 e. The van der Waals surface area contributed by atoms with Gasteiger partial charge >= 0.3 is 0 Å². The van der Waals surface area contributed by atoms with E-state index in [9.17, 15) is 5.11 Å². The van der Waals surface area contributed by atoms with Crippen LogP contribution in [0.4, 0.5) is 0 Å². The minimum absolute atomic E-state index is 0.533. The van der Waals surface area contributed by atoms with Crippen LogP contribution in [0.5, 0.6) is 0 Å². The molecule has 0 saturated carbocycles. The number of halogens is 1. The summed E-state index contributed by atoms with van der Waals surface area (Å²) in [5.74, 6) is 0. The van der Waals surface area contributed by atoms with Gasteiger partial charge in [-0.15, -0.1) is 0 Å². The van der Waals surface area contributed by atoms with Gasteiger partial charge in [-0.1, -0.05) is 29.8 Å². The number of aliphatic hydroxyl groups is 1. The highest BCUT2D eigenvalue weighted by Crippen LogP contribution is 2.26. The molecule has 3 nitrogen and oxygen atoms in total. The number of aliphatic hydroxyl groups excluding tert-OH is 1. The fourth-order valence-corrected chi connectivity index (χ4v) is 2.01. The zero-order valence-electron chi connectivity index (χ0n) is 10.1. The van der Waals surface area contributed by atoms with E-state index in [1.54, 1.807) is 11.6 Å². The van der Waals surface area contributed by atoms with E-state index in [0.717, 1.165) is 22.6 Å². The molecule has 17 heavy (non-hydrogen) atoms. The molecule has 0 aliphatic heterocycles. The van der Waals surface area contributed by atoms with E-state index in [0.29, 0.717) is 5.02 Å². The summed E-state index contributed by atoms with van der Waals surface area (Å²) in [4.78, 5) is 0. The molecule has 1 aromatic carbocycles. The third kappa shape index (κ3) is 2.08. The predicted octanol–water partition coefficient (Wildman–Crippen LogP) is 3.20. The van der Waals surface area contributed by atoms with Crippen LogP contribution < -0.4 is 0 Å². The van der Waals surface area contributed by atoms with E-state index in [-0.39, 0.29) is 0 Å². The van der Waals surface area contributed by atoms with Crippen LogP contribution in [-0.4, -0.2) is 14.9 Å². The van der Waals surface area contributed by atoms with Crippen LogP contribution in [0, 0.1) is 13.8 Å². The summed E-state index contributed by atoms with van der Waals surface area (Å²) in [6.45, 7) is 5.53. The summed E-state index contributed by atoms with van der Waals surface area (Å²) in [6, 6.07) is 7.65. The highest BCUT2D eigenvalue weighted by molar-refractivity contribution is 6.31. The Morgan fingerprint density at radius 2 is 1.94 bits per heavy atom. The maximum atomic E-state index is 9.76. The van der Waals surface area contributed by atoms with Crippen LogP contribution in [-0.2, 0) is 0 Å². The first kappa shape index (κ1) is 12.1. The van der Waals surface area contributed by atoms with Gasteiger partial charge in [-0.25, -0.2) is 4.68 Å². The minimum atomic E-state index is -0.533. The summed E-state index contributed by atoms with van der Waals surface area (Å²) in [7, 11) is 0. The fraction of sp³-hybridized carbons (Fsp3) is 0.308. The largest absolute Gasteiger partial charge is 0.389 e. The third-order valence-electron chi connectivity index (χ3n) is 2.82. The summed E-state index contributed by atoms with van der Waals surface area (Å²) in [6.07, 6.45) is -0.533.